The lowest BCUT2D eigenvalue weighted by Crippen LogP contribution is -2.49. The summed E-state index contributed by atoms with van der Waals surface area (Å²) in [6.07, 6.45) is -0.565. The van der Waals surface area contributed by atoms with E-state index < -0.39 is 12.5 Å². The first-order valence-electron chi connectivity index (χ1n) is 9.19. The highest BCUT2D eigenvalue weighted by Gasteiger charge is 2.28. The number of rotatable bonds is 3. The Balaban J connectivity index is 1.92. The van der Waals surface area contributed by atoms with Crippen molar-refractivity contribution in [3.63, 3.8) is 0 Å². The van der Waals surface area contributed by atoms with Crippen LogP contribution in [0.25, 0.3) is 0 Å². The van der Waals surface area contributed by atoms with E-state index in [1.54, 1.807) is 11.0 Å². The highest BCUT2D eigenvalue weighted by molar-refractivity contribution is 5.68. The van der Waals surface area contributed by atoms with Gasteiger partial charge in [-0.1, -0.05) is 6.07 Å². The Labute approximate surface area is 142 Å². The summed E-state index contributed by atoms with van der Waals surface area (Å²) < 4.78 is 33.3. The second-order valence-corrected chi connectivity index (χ2v) is 6.60. The number of nitrogen functional groups attached to an aromatic ring is 1. The lowest BCUT2D eigenvalue weighted by atomic mass is 10.2. The Morgan fingerprint density at radius 1 is 1.57 bits per heavy atom. The Morgan fingerprint density at radius 2 is 2.35 bits per heavy atom. The first-order valence-corrected chi connectivity index (χ1v) is 7.69. The van der Waals surface area contributed by atoms with Crippen molar-refractivity contribution in [1.29, 1.82) is 0 Å². The van der Waals surface area contributed by atoms with Gasteiger partial charge in [-0.2, -0.15) is 0 Å². The Bertz CT molecular complexity index is 644. The van der Waals surface area contributed by atoms with E-state index in [0.717, 1.165) is 0 Å². The van der Waals surface area contributed by atoms with Crippen LogP contribution in [0.5, 0.6) is 0 Å². The predicted octanol–water partition coefficient (Wildman–Crippen LogP) is 2.63. The molecule has 2 rings (SSSR count). The maximum absolute atomic E-state index is 12.2. The van der Waals surface area contributed by atoms with Crippen LogP contribution in [0.1, 0.15) is 30.4 Å². The molecule has 0 aromatic heterocycles. The zero-order valence-electron chi connectivity index (χ0n) is 16.9. The molecule has 1 aliphatic rings. The summed E-state index contributed by atoms with van der Waals surface area (Å²) in [5.74, 6) is 0. The Kier molecular flexibility index (Phi) is 4.15. The summed E-state index contributed by atoms with van der Waals surface area (Å²) in [6, 6.07) is 4.62. The molecule has 0 radical (unpaired) electrons. The van der Waals surface area contributed by atoms with Crippen molar-refractivity contribution in [1.82, 2.24) is 4.90 Å². The predicted molar refractivity (Wildman–Crippen MR) is 91.6 cm³/mol. The summed E-state index contributed by atoms with van der Waals surface area (Å²) in [7, 11) is 0. The van der Waals surface area contributed by atoms with Gasteiger partial charge in [-0.15, -0.1) is 0 Å². The van der Waals surface area contributed by atoms with Gasteiger partial charge in [0.25, 0.3) is 0 Å². The third-order valence-corrected chi connectivity index (χ3v) is 3.36. The highest BCUT2D eigenvalue weighted by atomic mass is 16.6. The number of amides is 1. The van der Waals surface area contributed by atoms with E-state index >= 15 is 0 Å². The van der Waals surface area contributed by atoms with Gasteiger partial charge in [0.1, 0.15) is 5.60 Å². The Morgan fingerprint density at radius 3 is 3.00 bits per heavy atom. The van der Waals surface area contributed by atoms with Crippen LogP contribution in [-0.2, 0) is 9.47 Å². The maximum Gasteiger partial charge on any atom is 0.410 e. The number of hydrogen-bond donors (Lipinski definition) is 2. The molecule has 0 aliphatic carbocycles. The molecule has 1 aliphatic heterocycles. The van der Waals surface area contributed by atoms with Crippen molar-refractivity contribution >= 4 is 17.5 Å². The van der Waals surface area contributed by atoms with Gasteiger partial charge in [-0.25, -0.2) is 4.79 Å². The second-order valence-electron chi connectivity index (χ2n) is 6.60. The fraction of sp³-hybridized carbons (Fsp3) is 0.588. The van der Waals surface area contributed by atoms with Crippen LogP contribution in [0, 0.1) is 6.85 Å². The number of nitrogens with two attached hydrogens (primary N) is 1. The molecule has 6 heteroatoms. The third kappa shape index (κ3) is 5.32. The van der Waals surface area contributed by atoms with Gasteiger partial charge < -0.3 is 25.4 Å². The minimum absolute atomic E-state index is 0.200. The number of benzene rings is 1. The van der Waals surface area contributed by atoms with Gasteiger partial charge in [-0.3, -0.25) is 0 Å². The monoisotopic (exact) mass is 324 g/mol. The smallest absolute Gasteiger partial charge is 0.410 e. The largest absolute Gasteiger partial charge is 0.444 e. The molecule has 6 nitrogen and oxygen atoms in total. The van der Waals surface area contributed by atoms with E-state index in [1.165, 1.54) is 12.1 Å². The lowest BCUT2D eigenvalue weighted by Gasteiger charge is -2.34. The number of ether oxygens (including phenoxy) is 2. The van der Waals surface area contributed by atoms with E-state index in [9.17, 15) is 4.79 Å². The van der Waals surface area contributed by atoms with Crippen molar-refractivity contribution in [2.75, 3.05) is 37.3 Å². The minimum Gasteiger partial charge on any atom is -0.444 e. The van der Waals surface area contributed by atoms with E-state index in [-0.39, 0.29) is 17.8 Å². The molecule has 3 N–H and O–H groups in total. The Hall–Kier alpha value is -1.95. The first-order chi connectivity index (χ1) is 12.0. The van der Waals surface area contributed by atoms with E-state index in [1.807, 2.05) is 20.8 Å². The molecule has 0 spiro atoms. The van der Waals surface area contributed by atoms with Gasteiger partial charge in [0, 0.05) is 17.2 Å². The van der Waals surface area contributed by atoms with Crippen molar-refractivity contribution in [3.8, 4) is 0 Å². The van der Waals surface area contributed by atoms with Crippen molar-refractivity contribution in [2.24, 2.45) is 0 Å². The fourth-order valence-electron chi connectivity index (χ4n) is 2.28. The molecule has 1 heterocycles. The minimum atomic E-state index is -2.19. The number of aryl methyl sites for hydroxylation is 1. The zero-order chi connectivity index (χ0) is 19.5. The van der Waals surface area contributed by atoms with Gasteiger partial charge >= 0.3 is 6.09 Å². The van der Waals surface area contributed by atoms with E-state index in [4.69, 9.17) is 19.3 Å². The molecule has 1 aromatic rings. The molecular weight excluding hydrogens is 294 g/mol. The summed E-state index contributed by atoms with van der Waals surface area (Å²) in [6.45, 7) is 5.07. The first kappa shape index (κ1) is 13.5. The quantitative estimate of drug-likeness (QED) is 0.836. The van der Waals surface area contributed by atoms with Crippen LogP contribution in [0.4, 0.5) is 16.2 Å². The fourth-order valence-corrected chi connectivity index (χ4v) is 2.28. The summed E-state index contributed by atoms with van der Waals surface area (Å²) in [4.78, 5) is 13.8. The third-order valence-electron chi connectivity index (χ3n) is 3.36. The van der Waals surface area contributed by atoms with Crippen molar-refractivity contribution in [2.45, 2.75) is 39.3 Å². The van der Waals surface area contributed by atoms with Gasteiger partial charge in [-0.05, 0) is 45.3 Å². The summed E-state index contributed by atoms with van der Waals surface area (Å²) in [5, 5.41) is 3.16. The number of hydrogen-bond acceptors (Lipinski definition) is 5. The average molecular weight is 324 g/mol. The molecule has 128 valence electrons. The van der Waals surface area contributed by atoms with Gasteiger partial charge in [0.15, 0.2) is 0 Å². The van der Waals surface area contributed by atoms with E-state index in [2.05, 4.69) is 5.32 Å². The molecule has 1 atom stereocenters. The van der Waals surface area contributed by atoms with Crippen LogP contribution in [-0.4, -0.2) is 48.9 Å². The van der Waals surface area contributed by atoms with Gasteiger partial charge in [0.2, 0.25) is 0 Å². The number of nitrogens with one attached hydrogen (secondary N) is 1. The number of carbonyl (C=O) groups excluding carboxylic acids is 1. The SMILES string of the molecule is [2H]C([2H])([2H])c1ccc(NC[C@H]2CN(C(=O)OC(C)(C)C)CCO2)c(N)c1. The van der Waals surface area contributed by atoms with Crippen LogP contribution in [0.3, 0.4) is 0 Å². The van der Waals surface area contributed by atoms with Crippen LogP contribution < -0.4 is 11.1 Å². The molecule has 0 bridgehead atoms. The standard InChI is InChI=1S/C17H27N3O3/c1-12-5-6-15(14(18)9-12)19-10-13-11-20(7-8-22-13)16(21)23-17(2,3)4/h5-6,9,13,19H,7-8,10-11,18H2,1-4H3/t13-/m0/s1/i1D3. The summed E-state index contributed by atoms with van der Waals surface area (Å²) >= 11 is 0. The normalized spacial score (nSPS) is 21.1. The molecule has 23 heavy (non-hydrogen) atoms. The van der Waals surface area contributed by atoms with Crippen LogP contribution >= 0.6 is 0 Å². The summed E-state index contributed by atoms with van der Waals surface area (Å²) in [5.41, 5.74) is 6.60. The highest BCUT2D eigenvalue weighted by Crippen LogP contribution is 2.20. The molecular formula is C17H27N3O3. The average Bonchev–Trinajstić information content (AvgIpc) is 2.51. The molecule has 0 unspecified atom stereocenters. The second kappa shape index (κ2) is 7.08. The lowest BCUT2D eigenvalue weighted by molar-refractivity contribution is -0.0371. The van der Waals surface area contributed by atoms with Crippen molar-refractivity contribution in [3.05, 3.63) is 23.8 Å². The molecule has 1 fully saturated rings. The van der Waals surface area contributed by atoms with Crippen LogP contribution in [0.2, 0.25) is 0 Å². The zero-order valence-corrected chi connectivity index (χ0v) is 13.9. The van der Waals surface area contributed by atoms with Gasteiger partial charge in [0.05, 0.1) is 30.6 Å². The number of anilines is 2. The molecule has 1 amide bonds. The van der Waals surface area contributed by atoms with E-state index in [0.29, 0.717) is 37.6 Å². The van der Waals surface area contributed by atoms with Crippen molar-refractivity contribution < 1.29 is 18.4 Å². The number of nitrogens with zero attached hydrogens (tertiary/aromatic N) is 1. The number of morpholine rings is 1. The topological polar surface area (TPSA) is 76.8 Å². The molecule has 0 saturated carbocycles. The molecule has 1 saturated heterocycles. The molecule has 1 aromatic carbocycles. The number of carbonyl (C=O) groups is 1. The van der Waals surface area contributed by atoms with Crippen LogP contribution in [0.15, 0.2) is 18.2 Å². The maximum atomic E-state index is 12.2.